The molecule has 0 aliphatic carbocycles. The number of nitrogens with one attached hydrogen (secondary N) is 5. The number of nitrogens with two attached hydrogens (primary N) is 1. The Bertz CT molecular complexity index is 887. The predicted octanol–water partition coefficient (Wildman–Crippen LogP) is 1.51. The first-order chi connectivity index (χ1) is 14.0. The molecule has 10 nitrogen and oxygen atoms in total. The minimum atomic E-state index is -2.80. The number of carbonyl (C=O) groups excluding carboxylic acids is 1. The zero-order chi connectivity index (χ0) is 20.8. The van der Waals surface area contributed by atoms with Gasteiger partial charge in [-0.1, -0.05) is 0 Å². The van der Waals surface area contributed by atoms with E-state index in [1.807, 2.05) is 5.32 Å². The van der Waals surface area contributed by atoms with E-state index in [0.717, 1.165) is 32.1 Å². The Labute approximate surface area is 165 Å². The van der Waals surface area contributed by atoms with Gasteiger partial charge in [0.2, 0.25) is 5.95 Å². The molecule has 1 amide bonds. The van der Waals surface area contributed by atoms with E-state index >= 15 is 0 Å². The fourth-order valence-electron chi connectivity index (χ4n) is 2.94. The smallest absolute Gasteiger partial charge is 0.312 e. The largest absolute Gasteiger partial charge is 0.364 e. The number of piperidine rings is 1. The van der Waals surface area contributed by atoms with Gasteiger partial charge in [-0.3, -0.25) is 4.79 Å². The van der Waals surface area contributed by atoms with Crippen molar-refractivity contribution >= 4 is 35.3 Å². The summed E-state index contributed by atoms with van der Waals surface area (Å²) in [7, 11) is 0. The van der Waals surface area contributed by atoms with E-state index < -0.39 is 12.5 Å². The van der Waals surface area contributed by atoms with Gasteiger partial charge in [-0.15, -0.1) is 10.2 Å². The molecule has 1 atom stereocenters. The number of hydrogen-bond acceptors (Lipinski definition) is 9. The summed E-state index contributed by atoms with van der Waals surface area (Å²) >= 11 is 0. The maximum absolute atomic E-state index is 12.7. The van der Waals surface area contributed by atoms with Gasteiger partial charge < -0.3 is 32.4 Å². The van der Waals surface area contributed by atoms with Crippen LogP contribution in [0.25, 0.3) is 0 Å². The Kier molecular flexibility index (Phi) is 6.44. The van der Waals surface area contributed by atoms with Gasteiger partial charge in [-0.25, -0.2) is 0 Å². The first-order valence-electron chi connectivity index (χ1n) is 8.94. The highest BCUT2D eigenvalue weighted by molar-refractivity contribution is 5.96. The second kappa shape index (κ2) is 9.19. The minimum Gasteiger partial charge on any atom is -0.364 e. The maximum Gasteiger partial charge on any atom is 0.312 e. The molecule has 1 saturated heterocycles. The van der Waals surface area contributed by atoms with Gasteiger partial charge in [0.1, 0.15) is 0 Å². The first-order valence-corrected chi connectivity index (χ1v) is 8.94. The molecule has 0 bridgehead atoms. The lowest BCUT2D eigenvalue weighted by atomic mass is 10.1. The number of amides is 1. The van der Waals surface area contributed by atoms with E-state index in [9.17, 15) is 13.6 Å². The number of halogens is 2. The summed E-state index contributed by atoms with van der Waals surface area (Å²) in [6, 6.07) is 4.53. The quantitative estimate of drug-likeness (QED) is 0.285. The number of nitrogens with zero attached hydrogens (tertiary/aromatic N) is 3. The maximum atomic E-state index is 12.7. The molecule has 154 valence electrons. The number of alkyl halides is 2. The zero-order valence-corrected chi connectivity index (χ0v) is 15.4. The standard InChI is InChI=1S/C17H21F2N9O/c18-16(19)25-12-6-10(4-3-9(12)7-20)23-15-13(14(21)29)27-28-17(26-15)24-11-2-1-5-22-8-11/h3-4,6-7,11,16,20,22,25H,1-2,5,8H2,(H2,21,29)(H2,23,24,26,28)/t11-/m0/s1. The molecule has 7 N–H and O–H groups in total. The highest BCUT2D eigenvalue weighted by Gasteiger charge is 2.18. The van der Waals surface area contributed by atoms with E-state index in [1.54, 1.807) is 6.07 Å². The SMILES string of the molecule is N=Cc1ccc(Nc2nc(N[C@H]3CCCNC3)nnc2C(N)=O)cc1NC(F)F. The average molecular weight is 405 g/mol. The van der Waals surface area contributed by atoms with Crippen LogP contribution in [0.15, 0.2) is 18.2 Å². The summed E-state index contributed by atoms with van der Waals surface area (Å²) in [4.78, 5) is 16.0. The van der Waals surface area contributed by atoms with Crippen molar-refractivity contribution in [2.75, 3.05) is 29.0 Å². The van der Waals surface area contributed by atoms with E-state index in [4.69, 9.17) is 11.1 Å². The third kappa shape index (κ3) is 5.31. The van der Waals surface area contributed by atoms with E-state index in [0.29, 0.717) is 5.69 Å². The summed E-state index contributed by atoms with van der Waals surface area (Å²) in [5.74, 6) is -0.571. The van der Waals surface area contributed by atoms with Crippen molar-refractivity contribution in [3.05, 3.63) is 29.5 Å². The van der Waals surface area contributed by atoms with Gasteiger partial charge in [0.15, 0.2) is 11.5 Å². The van der Waals surface area contributed by atoms with Crippen molar-refractivity contribution in [1.82, 2.24) is 20.5 Å². The number of anilines is 4. The lowest BCUT2D eigenvalue weighted by Crippen LogP contribution is -2.39. The molecule has 1 aromatic heterocycles. The van der Waals surface area contributed by atoms with Crippen molar-refractivity contribution in [3.63, 3.8) is 0 Å². The Hall–Kier alpha value is -3.41. The summed E-state index contributed by atoms with van der Waals surface area (Å²) in [5, 5.41) is 26.3. The molecule has 1 aromatic carbocycles. The van der Waals surface area contributed by atoms with Crippen LogP contribution in [0.1, 0.15) is 28.9 Å². The highest BCUT2D eigenvalue weighted by atomic mass is 19.3. The van der Waals surface area contributed by atoms with E-state index in [1.165, 1.54) is 12.1 Å². The zero-order valence-electron chi connectivity index (χ0n) is 15.4. The Morgan fingerprint density at radius 3 is 2.86 bits per heavy atom. The third-order valence-corrected chi connectivity index (χ3v) is 4.29. The lowest BCUT2D eigenvalue weighted by Gasteiger charge is -2.23. The van der Waals surface area contributed by atoms with Crippen molar-refractivity contribution in [2.24, 2.45) is 5.73 Å². The van der Waals surface area contributed by atoms with Crippen molar-refractivity contribution in [1.29, 1.82) is 5.41 Å². The Morgan fingerprint density at radius 1 is 1.38 bits per heavy atom. The van der Waals surface area contributed by atoms with Crippen molar-refractivity contribution in [3.8, 4) is 0 Å². The molecule has 3 rings (SSSR count). The summed E-state index contributed by atoms with van der Waals surface area (Å²) in [5.41, 5.74) is 5.85. The number of hydrogen-bond donors (Lipinski definition) is 6. The molecule has 1 aliphatic rings. The fraction of sp³-hybridized carbons (Fsp3) is 0.353. The summed E-state index contributed by atoms with van der Waals surface area (Å²) in [6.45, 7) is -1.10. The van der Waals surface area contributed by atoms with Crippen LogP contribution in [0.2, 0.25) is 0 Å². The average Bonchev–Trinajstić information content (AvgIpc) is 2.68. The second-order valence-corrected chi connectivity index (χ2v) is 6.40. The molecule has 0 saturated carbocycles. The summed E-state index contributed by atoms with van der Waals surface area (Å²) in [6.07, 6.45) is 2.90. The van der Waals surface area contributed by atoms with E-state index in [-0.39, 0.29) is 34.8 Å². The minimum absolute atomic E-state index is 0.0457. The molecule has 1 aliphatic heterocycles. The molecule has 0 unspecified atom stereocenters. The van der Waals surface area contributed by atoms with Gasteiger partial charge in [-0.2, -0.15) is 13.8 Å². The normalized spacial score (nSPS) is 16.3. The van der Waals surface area contributed by atoms with Crippen molar-refractivity contribution < 1.29 is 13.6 Å². The van der Waals surface area contributed by atoms with Gasteiger partial charge in [0.25, 0.3) is 5.91 Å². The molecule has 2 heterocycles. The van der Waals surface area contributed by atoms with Gasteiger partial charge in [-0.05, 0) is 37.6 Å². The molecule has 0 spiro atoms. The molecular weight excluding hydrogens is 384 g/mol. The second-order valence-electron chi connectivity index (χ2n) is 6.40. The van der Waals surface area contributed by atoms with Gasteiger partial charge in [0.05, 0.1) is 0 Å². The van der Waals surface area contributed by atoms with Crippen LogP contribution in [-0.2, 0) is 0 Å². The van der Waals surface area contributed by atoms with E-state index in [2.05, 4.69) is 31.1 Å². The monoisotopic (exact) mass is 405 g/mol. The Balaban J connectivity index is 1.87. The van der Waals surface area contributed by atoms with Gasteiger partial charge in [0, 0.05) is 35.7 Å². The number of benzene rings is 1. The van der Waals surface area contributed by atoms with Gasteiger partial charge >= 0.3 is 6.55 Å². The number of primary amides is 1. The third-order valence-electron chi connectivity index (χ3n) is 4.29. The number of rotatable bonds is 8. The van der Waals surface area contributed by atoms with Crippen molar-refractivity contribution in [2.45, 2.75) is 25.4 Å². The van der Waals surface area contributed by atoms with Crippen LogP contribution in [0.3, 0.4) is 0 Å². The first kappa shape index (κ1) is 20.3. The molecule has 1 fully saturated rings. The predicted molar refractivity (Wildman–Crippen MR) is 105 cm³/mol. The van der Waals surface area contributed by atoms with Crippen LogP contribution in [0.4, 0.5) is 31.9 Å². The number of carbonyl (C=O) groups is 1. The van der Waals surface area contributed by atoms with Crippen LogP contribution >= 0.6 is 0 Å². The van der Waals surface area contributed by atoms with Crippen LogP contribution in [0, 0.1) is 5.41 Å². The fourth-order valence-corrected chi connectivity index (χ4v) is 2.94. The number of aromatic nitrogens is 3. The molecule has 29 heavy (non-hydrogen) atoms. The molecule has 0 radical (unpaired) electrons. The highest BCUT2D eigenvalue weighted by Crippen LogP contribution is 2.25. The topological polar surface area (TPSA) is 154 Å². The summed E-state index contributed by atoms with van der Waals surface area (Å²) < 4.78 is 25.5. The molecule has 12 heteroatoms. The molecule has 2 aromatic rings. The van der Waals surface area contributed by atoms with Crippen LogP contribution < -0.4 is 27.0 Å². The van der Waals surface area contributed by atoms with Crippen LogP contribution in [-0.4, -0.2) is 53.0 Å². The molecular formula is C17H21F2N9O. The lowest BCUT2D eigenvalue weighted by molar-refractivity contribution is 0.0995. The Morgan fingerprint density at radius 2 is 2.21 bits per heavy atom. The van der Waals surface area contributed by atoms with Crippen LogP contribution in [0.5, 0.6) is 0 Å².